The summed E-state index contributed by atoms with van der Waals surface area (Å²) in [7, 11) is 0. The van der Waals surface area contributed by atoms with Crippen LogP contribution in [-0.2, 0) is 19.1 Å². The van der Waals surface area contributed by atoms with Crippen molar-refractivity contribution in [3.8, 4) is 0 Å². The molecule has 0 aromatic rings. The van der Waals surface area contributed by atoms with Crippen LogP contribution in [0.3, 0.4) is 0 Å². The summed E-state index contributed by atoms with van der Waals surface area (Å²) in [6.45, 7) is 14.6. The smallest absolute Gasteiger partial charge is 0.305 e. The Morgan fingerprint density at radius 1 is 0.447 bits per heavy atom. The predicted molar refractivity (Wildman–Crippen MR) is 162 cm³/mol. The summed E-state index contributed by atoms with van der Waals surface area (Å²) in [5.74, 6) is 2.61. The molecule has 1 unspecified atom stereocenters. The van der Waals surface area contributed by atoms with Crippen molar-refractivity contribution in [3.05, 3.63) is 0 Å². The molecular weight excluding hydrogens is 472 g/mol. The maximum absolute atomic E-state index is 12.0. The minimum absolute atomic E-state index is 0.00740. The molecule has 4 heteroatoms. The lowest BCUT2D eigenvalue weighted by atomic mass is 9.86. The normalized spacial score (nSPS) is 12.4. The number of carbonyl (C=O) groups excluding carboxylic acids is 2. The van der Waals surface area contributed by atoms with Crippen LogP contribution in [0.4, 0.5) is 0 Å². The Balaban J connectivity index is 3.51. The van der Waals surface area contributed by atoms with Crippen LogP contribution in [0.2, 0.25) is 0 Å². The van der Waals surface area contributed by atoms with Gasteiger partial charge in [-0.05, 0) is 62.2 Å². The highest BCUT2D eigenvalue weighted by atomic mass is 16.5. The van der Waals surface area contributed by atoms with Crippen molar-refractivity contribution >= 4 is 11.9 Å². The molecule has 38 heavy (non-hydrogen) atoms. The van der Waals surface area contributed by atoms with Crippen molar-refractivity contribution in [3.63, 3.8) is 0 Å². The molecule has 4 nitrogen and oxygen atoms in total. The second-order valence-corrected chi connectivity index (χ2v) is 12.8. The molecule has 1 atom stereocenters. The fraction of sp³-hybridized carbons (Fsp3) is 0.941. The van der Waals surface area contributed by atoms with E-state index in [-0.39, 0.29) is 11.9 Å². The zero-order valence-corrected chi connectivity index (χ0v) is 26.5. The Morgan fingerprint density at radius 2 is 0.842 bits per heavy atom. The Kier molecular flexibility index (Phi) is 25.4. The van der Waals surface area contributed by atoms with E-state index < -0.39 is 0 Å². The van der Waals surface area contributed by atoms with Gasteiger partial charge >= 0.3 is 11.9 Å². The molecule has 0 amide bonds. The molecule has 0 aliphatic rings. The number of unbranched alkanes of at least 4 members (excludes halogenated alkanes) is 11. The van der Waals surface area contributed by atoms with E-state index in [4.69, 9.17) is 9.47 Å². The van der Waals surface area contributed by atoms with E-state index in [0.29, 0.717) is 49.7 Å². The lowest BCUT2D eigenvalue weighted by molar-refractivity contribution is -0.145. The Morgan fingerprint density at radius 3 is 1.26 bits per heavy atom. The first-order valence-corrected chi connectivity index (χ1v) is 16.5. The highest BCUT2D eigenvalue weighted by Gasteiger charge is 2.15. The highest BCUT2D eigenvalue weighted by Crippen LogP contribution is 2.24. The third kappa shape index (κ3) is 26.5. The van der Waals surface area contributed by atoms with Crippen LogP contribution in [0, 0.1) is 23.7 Å². The van der Waals surface area contributed by atoms with Gasteiger partial charge in [0.25, 0.3) is 0 Å². The van der Waals surface area contributed by atoms with Gasteiger partial charge in [0.15, 0.2) is 0 Å². The second-order valence-electron chi connectivity index (χ2n) is 12.8. The molecule has 0 rings (SSSR count). The quantitative estimate of drug-likeness (QED) is 0.0771. The fourth-order valence-corrected chi connectivity index (χ4v) is 5.06. The molecule has 0 saturated heterocycles. The van der Waals surface area contributed by atoms with E-state index in [1.165, 1.54) is 70.6 Å². The van der Waals surface area contributed by atoms with Crippen molar-refractivity contribution < 1.29 is 19.1 Å². The first-order chi connectivity index (χ1) is 18.2. The molecule has 0 aromatic carbocycles. The summed E-state index contributed by atoms with van der Waals surface area (Å²) < 4.78 is 10.7. The molecule has 0 bridgehead atoms. The van der Waals surface area contributed by atoms with Gasteiger partial charge in [-0.25, -0.2) is 0 Å². The van der Waals surface area contributed by atoms with Gasteiger partial charge in [0.2, 0.25) is 0 Å². The first-order valence-electron chi connectivity index (χ1n) is 16.5. The molecule has 0 aliphatic carbocycles. The number of rotatable bonds is 27. The van der Waals surface area contributed by atoms with E-state index in [0.717, 1.165) is 44.9 Å². The molecule has 0 heterocycles. The van der Waals surface area contributed by atoms with Crippen LogP contribution in [0.5, 0.6) is 0 Å². The number of esters is 2. The van der Waals surface area contributed by atoms with E-state index in [1.54, 1.807) is 0 Å². The van der Waals surface area contributed by atoms with Crippen LogP contribution in [-0.4, -0.2) is 25.2 Å². The number of hydrogen-bond acceptors (Lipinski definition) is 4. The summed E-state index contributed by atoms with van der Waals surface area (Å²) >= 11 is 0. The lowest BCUT2D eigenvalue weighted by Gasteiger charge is -2.20. The maximum atomic E-state index is 12.0. The summed E-state index contributed by atoms with van der Waals surface area (Å²) in [4.78, 5) is 23.8. The van der Waals surface area contributed by atoms with Crippen LogP contribution in [0.15, 0.2) is 0 Å². The van der Waals surface area contributed by atoms with E-state index in [9.17, 15) is 9.59 Å². The largest absolute Gasteiger partial charge is 0.466 e. The minimum atomic E-state index is -0.0129. The number of carbonyl (C=O) groups is 2. The third-order valence-corrected chi connectivity index (χ3v) is 7.75. The van der Waals surface area contributed by atoms with Crippen LogP contribution in [0.1, 0.15) is 170 Å². The predicted octanol–water partition coefficient (Wildman–Crippen LogP) is 10.5. The zero-order chi connectivity index (χ0) is 28.4. The van der Waals surface area contributed by atoms with Crippen molar-refractivity contribution in [2.75, 3.05) is 13.2 Å². The lowest BCUT2D eigenvalue weighted by Crippen LogP contribution is -2.13. The van der Waals surface area contributed by atoms with Gasteiger partial charge in [-0.2, -0.15) is 0 Å². The molecule has 0 aromatic heterocycles. The first kappa shape index (κ1) is 36.9. The van der Waals surface area contributed by atoms with Gasteiger partial charge in [-0.15, -0.1) is 0 Å². The van der Waals surface area contributed by atoms with Crippen molar-refractivity contribution in [1.82, 2.24) is 0 Å². The van der Waals surface area contributed by atoms with Crippen LogP contribution in [0.25, 0.3) is 0 Å². The van der Waals surface area contributed by atoms with Crippen LogP contribution >= 0.6 is 0 Å². The van der Waals surface area contributed by atoms with Crippen molar-refractivity contribution in [2.24, 2.45) is 23.7 Å². The number of hydrogen-bond donors (Lipinski definition) is 0. The number of ether oxygens (including phenoxy) is 2. The SMILES string of the molecule is CC(C)CCCOC(=O)CCCCCCCCCCCCCCC(CCC(=O)OCCCC(C)C)C(C)C. The zero-order valence-electron chi connectivity index (χ0n) is 26.5. The van der Waals surface area contributed by atoms with E-state index in [2.05, 4.69) is 41.5 Å². The van der Waals surface area contributed by atoms with Gasteiger partial charge in [0, 0.05) is 12.8 Å². The maximum Gasteiger partial charge on any atom is 0.305 e. The van der Waals surface area contributed by atoms with Gasteiger partial charge < -0.3 is 9.47 Å². The van der Waals surface area contributed by atoms with Gasteiger partial charge in [0.05, 0.1) is 13.2 Å². The standard InChI is InChI=1S/C34H66O4/c1-29(2)21-19-27-37-33(35)24-18-16-14-12-10-8-7-9-11-13-15-17-23-32(31(5)6)25-26-34(36)38-28-20-22-30(3)4/h29-32H,7-28H2,1-6H3. The van der Waals surface area contributed by atoms with E-state index in [1.807, 2.05) is 0 Å². The molecule has 0 saturated carbocycles. The Labute approximate surface area is 237 Å². The van der Waals surface area contributed by atoms with Gasteiger partial charge in [-0.1, -0.05) is 119 Å². The van der Waals surface area contributed by atoms with Crippen molar-refractivity contribution in [2.45, 2.75) is 170 Å². The van der Waals surface area contributed by atoms with Crippen molar-refractivity contribution in [1.29, 1.82) is 0 Å². The highest BCUT2D eigenvalue weighted by molar-refractivity contribution is 5.69. The molecule has 226 valence electrons. The van der Waals surface area contributed by atoms with Crippen LogP contribution < -0.4 is 0 Å². The summed E-state index contributed by atoms with van der Waals surface area (Å²) in [5, 5.41) is 0. The fourth-order valence-electron chi connectivity index (χ4n) is 5.06. The third-order valence-electron chi connectivity index (χ3n) is 7.75. The van der Waals surface area contributed by atoms with Gasteiger partial charge in [-0.3, -0.25) is 9.59 Å². The molecule has 0 spiro atoms. The molecule has 0 radical (unpaired) electrons. The topological polar surface area (TPSA) is 52.6 Å². The monoisotopic (exact) mass is 538 g/mol. The second kappa shape index (κ2) is 26.2. The molecule has 0 N–H and O–H groups in total. The summed E-state index contributed by atoms with van der Waals surface area (Å²) in [6, 6.07) is 0. The molecule has 0 fully saturated rings. The Hall–Kier alpha value is -1.06. The molecular formula is C34H66O4. The summed E-state index contributed by atoms with van der Waals surface area (Å²) in [6.07, 6.45) is 23.0. The van der Waals surface area contributed by atoms with E-state index >= 15 is 0 Å². The average molecular weight is 539 g/mol. The average Bonchev–Trinajstić information content (AvgIpc) is 2.85. The minimum Gasteiger partial charge on any atom is -0.466 e. The van der Waals surface area contributed by atoms with Gasteiger partial charge in [0.1, 0.15) is 0 Å². The summed E-state index contributed by atoms with van der Waals surface area (Å²) in [5.41, 5.74) is 0. The Bertz CT molecular complexity index is 541. The molecule has 0 aliphatic heterocycles.